The van der Waals surface area contributed by atoms with Crippen molar-refractivity contribution in [3.05, 3.63) is 23.8 Å². The topological polar surface area (TPSA) is 75.7 Å². The van der Waals surface area contributed by atoms with E-state index in [4.69, 9.17) is 15.6 Å². The van der Waals surface area contributed by atoms with Crippen molar-refractivity contribution >= 4 is 0 Å². The molecule has 1 rings (SSSR count). The van der Waals surface area contributed by atoms with Crippen molar-refractivity contribution in [2.75, 3.05) is 6.73 Å². The molecule has 0 aliphatic rings. The second-order valence-corrected chi connectivity index (χ2v) is 2.72. The summed E-state index contributed by atoms with van der Waals surface area (Å²) in [6.07, 6.45) is -0.184. The van der Waals surface area contributed by atoms with E-state index in [-0.39, 0.29) is 24.3 Å². The minimum Gasteiger partial charge on any atom is -0.504 e. The maximum absolute atomic E-state index is 9.18. The Morgan fingerprint density at radius 2 is 2.08 bits per heavy atom. The van der Waals surface area contributed by atoms with Crippen molar-refractivity contribution in [3.63, 3.8) is 0 Å². The molecule has 0 saturated heterocycles. The van der Waals surface area contributed by atoms with E-state index >= 15 is 0 Å². The van der Waals surface area contributed by atoms with Gasteiger partial charge in [0.25, 0.3) is 0 Å². The fourth-order valence-corrected chi connectivity index (χ4v) is 1.03. The van der Waals surface area contributed by atoms with Gasteiger partial charge in [0.1, 0.15) is 0 Å². The van der Waals surface area contributed by atoms with Gasteiger partial charge in [-0.25, -0.2) is 0 Å². The van der Waals surface area contributed by atoms with Crippen LogP contribution in [0.15, 0.2) is 18.2 Å². The van der Waals surface area contributed by atoms with E-state index in [9.17, 15) is 5.11 Å². The van der Waals surface area contributed by atoms with E-state index in [1.54, 1.807) is 6.07 Å². The molecule has 4 nitrogen and oxygen atoms in total. The van der Waals surface area contributed by atoms with Crippen LogP contribution in [0.5, 0.6) is 11.5 Å². The Labute approximate surface area is 76.6 Å². The monoisotopic (exact) mass is 183 g/mol. The van der Waals surface area contributed by atoms with E-state index in [2.05, 4.69) is 0 Å². The van der Waals surface area contributed by atoms with Gasteiger partial charge < -0.3 is 20.7 Å². The molecule has 0 aliphatic carbocycles. The first-order valence-electron chi connectivity index (χ1n) is 3.98. The largest absolute Gasteiger partial charge is 0.504 e. The van der Waals surface area contributed by atoms with Crippen LogP contribution >= 0.6 is 0 Å². The second kappa shape index (κ2) is 4.11. The van der Waals surface area contributed by atoms with Crippen molar-refractivity contribution < 1.29 is 14.9 Å². The average Bonchev–Trinajstić information content (AvgIpc) is 2.10. The summed E-state index contributed by atoms with van der Waals surface area (Å²) in [5.41, 5.74) is 5.98. The lowest BCUT2D eigenvalue weighted by molar-refractivity contribution is 0.0708. The predicted molar refractivity (Wildman–Crippen MR) is 48.3 cm³/mol. The Bertz CT molecular complexity index is 288. The maximum atomic E-state index is 9.18. The lowest BCUT2D eigenvalue weighted by Crippen LogP contribution is -2.08. The van der Waals surface area contributed by atoms with Gasteiger partial charge in [0.05, 0.1) is 12.8 Å². The normalized spacial score (nSPS) is 12.8. The maximum Gasteiger partial charge on any atom is 0.157 e. The molecule has 0 saturated carbocycles. The molecule has 0 radical (unpaired) electrons. The molecule has 4 heteroatoms. The van der Waals surface area contributed by atoms with Crippen LogP contribution in [0.3, 0.4) is 0 Å². The Morgan fingerprint density at radius 3 is 2.62 bits per heavy atom. The standard InChI is InChI=1S/C9H13NO3/c1-6(13-5-10)7-2-3-8(11)9(12)4-7/h2-4,6,11-12H,5,10H2,1H3. The third kappa shape index (κ3) is 2.34. The zero-order valence-electron chi connectivity index (χ0n) is 7.40. The Balaban J connectivity index is 2.84. The Morgan fingerprint density at radius 1 is 1.38 bits per heavy atom. The van der Waals surface area contributed by atoms with Gasteiger partial charge in [0.15, 0.2) is 11.5 Å². The molecule has 1 atom stereocenters. The van der Waals surface area contributed by atoms with Crippen molar-refractivity contribution in [1.82, 2.24) is 0 Å². The molecular formula is C9H13NO3. The molecule has 0 aliphatic heterocycles. The fraction of sp³-hybridized carbons (Fsp3) is 0.333. The number of hydrogen-bond acceptors (Lipinski definition) is 4. The van der Waals surface area contributed by atoms with Gasteiger partial charge >= 0.3 is 0 Å². The van der Waals surface area contributed by atoms with Crippen molar-refractivity contribution in [1.29, 1.82) is 0 Å². The zero-order chi connectivity index (χ0) is 9.84. The Hall–Kier alpha value is -1.26. The van der Waals surface area contributed by atoms with Crippen LogP contribution in [0.2, 0.25) is 0 Å². The van der Waals surface area contributed by atoms with E-state index < -0.39 is 0 Å². The van der Waals surface area contributed by atoms with E-state index in [1.165, 1.54) is 12.1 Å². The quantitative estimate of drug-likeness (QED) is 0.484. The van der Waals surface area contributed by atoms with Gasteiger partial charge in [0, 0.05) is 0 Å². The number of hydrogen-bond donors (Lipinski definition) is 3. The number of nitrogens with two attached hydrogens (primary N) is 1. The number of ether oxygens (including phenoxy) is 1. The molecule has 1 unspecified atom stereocenters. The summed E-state index contributed by atoms with van der Waals surface area (Å²) >= 11 is 0. The van der Waals surface area contributed by atoms with Crippen LogP contribution in [-0.4, -0.2) is 16.9 Å². The molecule has 1 aromatic rings. The van der Waals surface area contributed by atoms with E-state index in [0.717, 1.165) is 5.56 Å². The highest BCUT2D eigenvalue weighted by molar-refractivity contribution is 5.41. The van der Waals surface area contributed by atoms with Gasteiger partial charge in [-0.2, -0.15) is 0 Å². The SMILES string of the molecule is CC(OCN)c1ccc(O)c(O)c1. The molecule has 0 spiro atoms. The summed E-state index contributed by atoms with van der Waals surface area (Å²) in [7, 11) is 0. The number of phenolic OH excluding ortho intramolecular Hbond substituents is 2. The highest BCUT2D eigenvalue weighted by atomic mass is 16.5. The van der Waals surface area contributed by atoms with Crippen LogP contribution in [-0.2, 0) is 4.74 Å². The minimum absolute atomic E-state index is 0.128. The minimum atomic E-state index is -0.184. The van der Waals surface area contributed by atoms with Crippen molar-refractivity contribution in [2.24, 2.45) is 5.73 Å². The van der Waals surface area contributed by atoms with Gasteiger partial charge in [-0.3, -0.25) is 0 Å². The van der Waals surface area contributed by atoms with Crippen LogP contribution < -0.4 is 5.73 Å². The van der Waals surface area contributed by atoms with Gasteiger partial charge in [-0.05, 0) is 24.6 Å². The first kappa shape index (κ1) is 9.83. The molecule has 0 fully saturated rings. The third-order valence-corrected chi connectivity index (χ3v) is 1.82. The van der Waals surface area contributed by atoms with Crippen LogP contribution in [0.4, 0.5) is 0 Å². The first-order chi connectivity index (χ1) is 6.15. The number of rotatable bonds is 3. The highest BCUT2D eigenvalue weighted by Crippen LogP contribution is 2.28. The van der Waals surface area contributed by atoms with E-state index in [1.807, 2.05) is 6.92 Å². The van der Waals surface area contributed by atoms with E-state index in [0.29, 0.717) is 0 Å². The summed E-state index contributed by atoms with van der Waals surface area (Å²) in [6.45, 7) is 1.95. The molecule has 13 heavy (non-hydrogen) atoms. The molecule has 72 valence electrons. The molecule has 0 heterocycles. The molecule has 1 aromatic carbocycles. The van der Waals surface area contributed by atoms with Crippen LogP contribution in [0, 0.1) is 0 Å². The lowest BCUT2D eigenvalue weighted by atomic mass is 10.1. The second-order valence-electron chi connectivity index (χ2n) is 2.72. The third-order valence-electron chi connectivity index (χ3n) is 1.82. The summed E-state index contributed by atoms with van der Waals surface area (Å²) in [5, 5.41) is 18.2. The van der Waals surface area contributed by atoms with Gasteiger partial charge in [0.2, 0.25) is 0 Å². The molecular weight excluding hydrogens is 170 g/mol. The predicted octanol–water partition coefficient (Wildman–Crippen LogP) is 1.09. The smallest absolute Gasteiger partial charge is 0.157 e. The molecule has 4 N–H and O–H groups in total. The van der Waals surface area contributed by atoms with Gasteiger partial charge in [-0.1, -0.05) is 6.07 Å². The molecule has 0 bridgehead atoms. The van der Waals surface area contributed by atoms with Crippen LogP contribution in [0.1, 0.15) is 18.6 Å². The number of aromatic hydroxyl groups is 2. The number of benzene rings is 1. The summed E-state index contributed by atoms with van der Waals surface area (Å²) < 4.78 is 5.11. The summed E-state index contributed by atoms with van der Waals surface area (Å²) in [6, 6.07) is 4.55. The van der Waals surface area contributed by atoms with Crippen molar-refractivity contribution in [3.8, 4) is 11.5 Å². The zero-order valence-corrected chi connectivity index (χ0v) is 7.40. The first-order valence-corrected chi connectivity index (χ1v) is 3.98. The summed E-state index contributed by atoms with van der Waals surface area (Å²) in [4.78, 5) is 0. The highest BCUT2D eigenvalue weighted by Gasteiger charge is 2.07. The Kier molecular flexibility index (Phi) is 3.11. The number of phenols is 2. The lowest BCUT2D eigenvalue weighted by Gasteiger charge is -2.11. The van der Waals surface area contributed by atoms with Gasteiger partial charge in [-0.15, -0.1) is 0 Å². The van der Waals surface area contributed by atoms with Crippen LogP contribution in [0.25, 0.3) is 0 Å². The average molecular weight is 183 g/mol. The molecule has 0 aromatic heterocycles. The summed E-state index contributed by atoms with van der Waals surface area (Å²) in [5.74, 6) is -0.284. The molecule has 0 amide bonds. The fourth-order valence-electron chi connectivity index (χ4n) is 1.03. The van der Waals surface area contributed by atoms with Crippen molar-refractivity contribution in [2.45, 2.75) is 13.0 Å².